The van der Waals surface area contributed by atoms with E-state index in [-0.39, 0.29) is 12.5 Å². The highest BCUT2D eigenvalue weighted by Gasteiger charge is 2.37. The fourth-order valence-corrected chi connectivity index (χ4v) is 3.62. The molecule has 1 fully saturated rings. The summed E-state index contributed by atoms with van der Waals surface area (Å²) in [7, 11) is 0. The van der Waals surface area contributed by atoms with Gasteiger partial charge in [-0.2, -0.15) is 10.1 Å². The maximum Gasteiger partial charge on any atom is 0.255 e. The number of carbonyl (C=O) groups is 1. The summed E-state index contributed by atoms with van der Waals surface area (Å²) in [6, 6.07) is 3.82. The second-order valence-corrected chi connectivity index (χ2v) is 9.53. The summed E-state index contributed by atoms with van der Waals surface area (Å²) in [5, 5.41) is 11.1. The fraction of sp³-hybridized carbons (Fsp3) is 0.391. The largest absolute Gasteiger partial charge is 0.354 e. The number of fused-ring (bicyclic) bond motifs is 2. The molecular weight excluding hydrogens is 409 g/mol. The van der Waals surface area contributed by atoms with Gasteiger partial charge in [-0.15, -0.1) is 0 Å². The number of aromatic nitrogens is 5. The van der Waals surface area contributed by atoms with E-state index in [9.17, 15) is 9.18 Å². The Labute approximate surface area is 184 Å². The van der Waals surface area contributed by atoms with E-state index in [4.69, 9.17) is 0 Å². The third kappa shape index (κ3) is 4.02. The number of rotatable bonds is 7. The van der Waals surface area contributed by atoms with Gasteiger partial charge in [0.05, 0.1) is 23.8 Å². The SMILES string of the molecule is CC(C)(F)CNC(=O)c1cnn2ccc(-c3c[nH]c4nc(NCC5(C)CC5)ncc34)cc12. The zero-order chi connectivity index (χ0) is 22.5. The lowest BCUT2D eigenvalue weighted by Crippen LogP contribution is -2.35. The number of nitrogens with zero attached hydrogens (tertiary/aromatic N) is 4. The molecule has 166 valence electrons. The summed E-state index contributed by atoms with van der Waals surface area (Å²) in [6.45, 7) is 5.90. The van der Waals surface area contributed by atoms with Crippen molar-refractivity contribution in [2.75, 3.05) is 18.4 Å². The standard InChI is InChI=1S/C23H26FN7O/c1-22(2,24)12-27-20(32)17-11-29-31-7-4-14(8-18(17)31)15-9-25-19-16(15)10-26-21(30-19)28-13-23(3)5-6-23/h4,7-11H,5-6,12-13H2,1-3H3,(H,27,32)(H2,25,26,28,30). The number of hydrogen-bond donors (Lipinski definition) is 3. The van der Waals surface area contributed by atoms with Crippen LogP contribution in [0.25, 0.3) is 27.7 Å². The third-order valence-corrected chi connectivity index (χ3v) is 5.96. The molecule has 0 radical (unpaired) electrons. The van der Waals surface area contributed by atoms with E-state index in [0.29, 0.717) is 22.4 Å². The fourth-order valence-electron chi connectivity index (χ4n) is 3.62. The Balaban J connectivity index is 1.43. The number of aromatic amines is 1. The molecule has 5 rings (SSSR count). The molecular formula is C23H26FN7O. The Morgan fingerprint density at radius 1 is 1.34 bits per heavy atom. The van der Waals surface area contributed by atoms with Gasteiger partial charge in [0.2, 0.25) is 5.95 Å². The molecule has 0 aliphatic heterocycles. The van der Waals surface area contributed by atoms with Crippen LogP contribution < -0.4 is 10.6 Å². The zero-order valence-corrected chi connectivity index (χ0v) is 18.4. The van der Waals surface area contributed by atoms with Gasteiger partial charge < -0.3 is 15.6 Å². The number of hydrogen-bond acceptors (Lipinski definition) is 5. The highest BCUT2D eigenvalue weighted by molar-refractivity contribution is 6.02. The Morgan fingerprint density at radius 2 is 2.16 bits per heavy atom. The molecule has 3 N–H and O–H groups in total. The van der Waals surface area contributed by atoms with Crippen LogP contribution in [0.4, 0.5) is 10.3 Å². The first-order chi connectivity index (χ1) is 15.2. The Kier molecular flexibility index (Phi) is 4.65. The first-order valence-corrected chi connectivity index (χ1v) is 10.7. The van der Waals surface area contributed by atoms with Crippen LogP contribution in [0.1, 0.15) is 44.0 Å². The van der Waals surface area contributed by atoms with Gasteiger partial charge in [0.1, 0.15) is 11.3 Å². The van der Waals surface area contributed by atoms with E-state index in [0.717, 1.165) is 28.7 Å². The van der Waals surface area contributed by atoms with E-state index in [2.05, 4.69) is 37.6 Å². The highest BCUT2D eigenvalue weighted by Crippen LogP contribution is 2.44. The normalized spacial score (nSPS) is 15.2. The third-order valence-electron chi connectivity index (χ3n) is 5.96. The smallest absolute Gasteiger partial charge is 0.255 e. The van der Waals surface area contributed by atoms with Crippen LogP contribution in [0.5, 0.6) is 0 Å². The van der Waals surface area contributed by atoms with Gasteiger partial charge >= 0.3 is 0 Å². The maximum atomic E-state index is 13.8. The zero-order valence-electron chi connectivity index (χ0n) is 18.4. The van der Waals surface area contributed by atoms with Gasteiger partial charge in [-0.05, 0) is 49.8 Å². The predicted octanol–water partition coefficient (Wildman–Crippen LogP) is 3.96. The van der Waals surface area contributed by atoms with Crippen LogP contribution in [0, 0.1) is 5.41 Å². The van der Waals surface area contributed by atoms with Crippen molar-refractivity contribution in [2.45, 2.75) is 39.3 Å². The van der Waals surface area contributed by atoms with Crippen LogP contribution in [0.2, 0.25) is 0 Å². The molecule has 4 heterocycles. The minimum atomic E-state index is -1.49. The van der Waals surface area contributed by atoms with E-state index >= 15 is 0 Å². The van der Waals surface area contributed by atoms with E-state index in [1.54, 1.807) is 10.7 Å². The number of pyridine rings is 1. The molecule has 0 aromatic carbocycles. The molecule has 0 bridgehead atoms. The highest BCUT2D eigenvalue weighted by atomic mass is 19.1. The van der Waals surface area contributed by atoms with Crippen LogP contribution in [0.15, 0.2) is 36.9 Å². The van der Waals surface area contributed by atoms with Crippen LogP contribution in [0.3, 0.4) is 0 Å². The molecule has 0 unspecified atom stereocenters. The van der Waals surface area contributed by atoms with Crippen molar-refractivity contribution in [1.82, 2.24) is 29.9 Å². The van der Waals surface area contributed by atoms with Gasteiger partial charge in [0.15, 0.2) is 0 Å². The van der Waals surface area contributed by atoms with Crippen LogP contribution >= 0.6 is 0 Å². The average molecular weight is 436 g/mol. The quantitative estimate of drug-likeness (QED) is 0.408. The summed E-state index contributed by atoms with van der Waals surface area (Å²) >= 11 is 0. The first-order valence-electron chi connectivity index (χ1n) is 10.7. The molecule has 1 saturated carbocycles. The molecule has 4 aromatic rings. The molecule has 8 nitrogen and oxygen atoms in total. The second-order valence-electron chi connectivity index (χ2n) is 9.53. The Hall–Kier alpha value is -3.49. The van der Waals surface area contributed by atoms with Crippen molar-refractivity contribution in [3.8, 4) is 11.1 Å². The van der Waals surface area contributed by atoms with E-state index in [1.165, 1.54) is 32.9 Å². The van der Waals surface area contributed by atoms with Crippen molar-refractivity contribution in [1.29, 1.82) is 0 Å². The molecule has 0 spiro atoms. The van der Waals surface area contributed by atoms with Gasteiger partial charge in [-0.3, -0.25) is 4.79 Å². The van der Waals surface area contributed by atoms with E-state index < -0.39 is 5.67 Å². The molecule has 4 aromatic heterocycles. The number of carbonyl (C=O) groups excluding carboxylic acids is 1. The first kappa shape index (κ1) is 20.4. The minimum Gasteiger partial charge on any atom is -0.354 e. The minimum absolute atomic E-state index is 0.0713. The van der Waals surface area contributed by atoms with Gasteiger partial charge in [0.25, 0.3) is 5.91 Å². The number of halogens is 1. The van der Waals surface area contributed by atoms with Crippen molar-refractivity contribution in [2.24, 2.45) is 5.41 Å². The number of nitrogens with one attached hydrogen (secondary N) is 3. The summed E-state index contributed by atoms with van der Waals surface area (Å²) in [5.41, 5.74) is 2.49. The van der Waals surface area contributed by atoms with Crippen molar-refractivity contribution in [3.05, 3.63) is 42.5 Å². The van der Waals surface area contributed by atoms with Crippen molar-refractivity contribution < 1.29 is 9.18 Å². The molecule has 0 saturated heterocycles. The van der Waals surface area contributed by atoms with E-state index in [1.807, 2.05) is 24.5 Å². The number of H-pyrrole nitrogens is 1. The molecule has 32 heavy (non-hydrogen) atoms. The molecule has 1 aliphatic carbocycles. The average Bonchev–Trinajstić information content (AvgIpc) is 3.16. The monoisotopic (exact) mass is 435 g/mol. The molecule has 1 amide bonds. The van der Waals surface area contributed by atoms with Gasteiger partial charge in [0, 0.05) is 36.1 Å². The maximum absolute atomic E-state index is 13.8. The lowest BCUT2D eigenvalue weighted by Gasteiger charge is -2.14. The van der Waals surface area contributed by atoms with Gasteiger partial charge in [-0.1, -0.05) is 6.92 Å². The van der Waals surface area contributed by atoms with Crippen molar-refractivity contribution >= 4 is 28.4 Å². The summed E-state index contributed by atoms with van der Waals surface area (Å²) in [5.74, 6) is 0.255. The van der Waals surface area contributed by atoms with Crippen LogP contribution in [-0.2, 0) is 0 Å². The van der Waals surface area contributed by atoms with Crippen molar-refractivity contribution in [3.63, 3.8) is 0 Å². The van der Waals surface area contributed by atoms with Crippen LogP contribution in [-0.4, -0.2) is 49.2 Å². The summed E-state index contributed by atoms with van der Waals surface area (Å²) in [6.07, 6.45) is 9.46. The Morgan fingerprint density at radius 3 is 2.91 bits per heavy atom. The second kappa shape index (κ2) is 7.29. The number of anilines is 1. The summed E-state index contributed by atoms with van der Waals surface area (Å²) in [4.78, 5) is 24.9. The number of alkyl halides is 1. The molecule has 0 atom stereocenters. The lowest BCUT2D eigenvalue weighted by molar-refractivity contribution is 0.0922. The topological polar surface area (TPSA) is 100 Å². The van der Waals surface area contributed by atoms with Gasteiger partial charge in [-0.25, -0.2) is 13.9 Å². The predicted molar refractivity (Wildman–Crippen MR) is 121 cm³/mol. The molecule has 9 heteroatoms. The Bertz CT molecular complexity index is 1310. The number of amides is 1. The lowest BCUT2D eigenvalue weighted by atomic mass is 10.1. The summed E-state index contributed by atoms with van der Waals surface area (Å²) < 4.78 is 15.4. The molecule has 1 aliphatic rings.